The van der Waals surface area contributed by atoms with Gasteiger partial charge in [-0.25, -0.2) is 4.68 Å². The van der Waals surface area contributed by atoms with Gasteiger partial charge in [-0.05, 0) is 36.5 Å². The molecule has 2 aromatic carbocycles. The van der Waals surface area contributed by atoms with Gasteiger partial charge in [0.1, 0.15) is 5.82 Å². The first kappa shape index (κ1) is 19.1. The van der Waals surface area contributed by atoms with Crippen molar-refractivity contribution < 1.29 is 14.3 Å². The van der Waals surface area contributed by atoms with Gasteiger partial charge in [-0.15, -0.1) is 0 Å². The Balaban J connectivity index is 1.55. The van der Waals surface area contributed by atoms with Crippen molar-refractivity contribution in [3.05, 3.63) is 71.4 Å². The first-order valence-electron chi connectivity index (χ1n) is 9.81. The number of rotatable bonds is 6. The summed E-state index contributed by atoms with van der Waals surface area (Å²) in [6.45, 7) is 0.463. The molecule has 0 fully saturated rings. The number of carbonyl (C=O) groups excluding carboxylic acids is 1. The molecule has 0 saturated heterocycles. The highest BCUT2D eigenvalue weighted by molar-refractivity contribution is 5.95. The van der Waals surface area contributed by atoms with Gasteiger partial charge in [0, 0.05) is 11.6 Å². The summed E-state index contributed by atoms with van der Waals surface area (Å²) in [5.41, 5.74) is 3.33. The minimum absolute atomic E-state index is 0.0107. The molecule has 0 spiro atoms. The Kier molecular flexibility index (Phi) is 5.51. The lowest BCUT2D eigenvalue weighted by Gasteiger charge is -2.24. The van der Waals surface area contributed by atoms with Crippen LogP contribution in [0.3, 0.4) is 0 Å². The standard InChI is InChI=1S/C23H25N3O3/c1-28-20-12-6-9-17(22(20)29-2)15-26-21(13-14-24-26)25-23(27)19-11-5-8-16-7-3-4-10-18(16)19/h3-4,6-7,9-10,12-14,19H,5,8,11,15H2,1-2H3,(H,25,27). The van der Waals surface area contributed by atoms with Gasteiger partial charge in [-0.1, -0.05) is 36.4 Å². The topological polar surface area (TPSA) is 65.4 Å². The summed E-state index contributed by atoms with van der Waals surface area (Å²) >= 11 is 0. The van der Waals surface area contributed by atoms with Gasteiger partial charge in [0.05, 0.1) is 32.9 Å². The fourth-order valence-electron chi connectivity index (χ4n) is 4.04. The largest absolute Gasteiger partial charge is 0.493 e. The number of ether oxygens (including phenoxy) is 2. The smallest absolute Gasteiger partial charge is 0.233 e. The van der Waals surface area contributed by atoms with Gasteiger partial charge < -0.3 is 14.8 Å². The molecule has 1 heterocycles. The van der Waals surface area contributed by atoms with E-state index in [1.807, 2.05) is 36.4 Å². The van der Waals surface area contributed by atoms with Crippen LogP contribution < -0.4 is 14.8 Å². The molecule has 6 nitrogen and oxygen atoms in total. The number of hydrogen-bond acceptors (Lipinski definition) is 4. The molecule has 1 atom stereocenters. The third kappa shape index (κ3) is 3.83. The van der Waals surface area contributed by atoms with Gasteiger partial charge in [0.2, 0.25) is 5.91 Å². The van der Waals surface area contributed by atoms with Crippen LogP contribution in [0.2, 0.25) is 0 Å². The van der Waals surface area contributed by atoms with Crippen molar-refractivity contribution in [2.75, 3.05) is 19.5 Å². The zero-order valence-corrected chi connectivity index (χ0v) is 16.7. The summed E-state index contributed by atoms with van der Waals surface area (Å²) in [6, 6.07) is 15.8. The lowest BCUT2D eigenvalue weighted by Crippen LogP contribution is -2.26. The van der Waals surface area contributed by atoms with E-state index >= 15 is 0 Å². The third-order valence-electron chi connectivity index (χ3n) is 5.46. The number of aromatic nitrogens is 2. The van der Waals surface area contributed by atoms with Crippen molar-refractivity contribution in [2.45, 2.75) is 31.7 Å². The number of nitrogens with zero attached hydrogens (tertiary/aromatic N) is 2. The Hall–Kier alpha value is -3.28. The van der Waals surface area contributed by atoms with E-state index < -0.39 is 0 Å². The van der Waals surface area contributed by atoms with Crippen molar-refractivity contribution in [3.8, 4) is 11.5 Å². The molecule has 4 rings (SSSR count). The van der Waals surface area contributed by atoms with Crippen molar-refractivity contribution in [3.63, 3.8) is 0 Å². The predicted octanol–water partition coefficient (Wildman–Crippen LogP) is 4.01. The van der Waals surface area contributed by atoms with Gasteiger partial charge in [-0.2, -0.15) is 5.10 Å². The second kappa shape index (κ2) is 8.39. The normalized spacial score (nSPS) is 15.4. The van der Waals surface area contributed by atoms with Crippen molar-refractivity contribution >= 4 is 11.7 Å². The fourth-order valence-corrected chi connectivity index (χ4v) is 4.04. The third-order valence-corrected chi connectivity index (χ3v) is 5.46. The van der Waals surface area contributed by atoms with Crippen LogP contribution in [-0.4, -0.2) is 29.9 Å². The maximum absolute atomic E-state index is 13.1. The Morgan fingerprint density at radius 3 is 2.83 bits per heavy atom. The summed E-state index contributed by atoms with van der Waals surface area (Å²) in [7, 11) is 3.23. The minimum atomic E-state index is -0.130. The molecule has 0 aliphatic heterocycles. The number of amides is 1. The Morgan fingerprint density at radius 1 is 1.14 bits per heavy atom. The summed E-state index contributed by atoms with van der Waals surface area (Å²) < 4.78 is 12.7. The Bertz CT molecular complexity index is 1010. The van der Waals surface area contributed by atoms with E-state index in [9.17, 15) is 4.79 Å². The summed E-state index contributed by atoms with van der Waals surface area (Å²) in [6.07, 6.45) is 4.61. The van der Waals surface area contributed by atoms with Crippen molar-refractivity contribution in [1.29, 1.82) is 0 Å². The molecule has 6 heteroatoms. The van der Waals surface area contributed by atoms with Crippen LogP contribution in [0.25, 0.3) is 0 Å². The van der Waals surface area contributed by atoms with Crippen LogP contribution in [0, 0.1) is 0 Å². The molecule has 1 amide bonds. The van der Waals surface area contributed by atoms with E-state index in [2.05, 4.69) is 22.5 Å². The monoisotopic (exact) mass is 391 g/mol. The second-order valence-electron chi connectivity index (χ2n) is 7.16. The van der Waals surface area contributed by atoms with E-state index in [1.54, 1.807) is 25.1 Å². The zero-order chi connectivity index (χ0) is 20.2. The molecule has 1 aromatic heterocycles. The molecule has 0 radical (unpaired) electrons. The molecule has 29 heavy (non-hydrogen) atoms. The van der Waals surface area contributed by atoms with Crippen molar-refractivity contribution in [2.24, 2.45) is 0 Å². The number of nitrogens with one attached hydrogen (secondary N) is 1. The van der Waals surface area contributed by atoms with E-state index in [-0.39, 0.29) is 11.8 Å². The van der Waals surface area contributed by atoms with E-state index in [0.29, 0.717) is 23.9 Å². The molecule has 0 bridgehead atoms. The van der Waals surface area contributed by atoms with E-state index in [1.165, 1.54) is 5.56 Å². The SMILES string of the molecule is COc1cccc(Cn2nccc2NC(=O)C2CCCc3ccccc32)c1OC. The Morgan fingerprint density at radius 2 is 2.00 bits per heavy atom. The quantitative estimate of drug-likeness (QED) is 0.690. The highest BCUT2D eigenvalue weighted by atomic mass is 16.5. The van der Waals surface area contributed by atoms with Crippen LogP contribution in [0.5, 0.6) is 11.5 Å². The molecule has 1 unspecified atom stereocenters. The predicted molar refractivity (Wildman–Crippen MR) is 112 cm³/mol. The molecule has 1 aliphatic carbocycles. The van der Waals surface area contributed by atoms with Gasteiger partial charge >= 0.3 is 0 Å². The number of hydrogen-bond donors (Lipinski definition) is 1. The lowest BCUT2D eigenvalue weighted by molar-refractivity contribution is -0.117. The van der Waals surface area contributed by atoms with Gasteiger partial charge in [0.25, 0.3) is 0 Å². The maximum atomic E-state index is 13.1. The average Bonchev–Trinajstić information content (AvgIpc) is 3.19. The zero-order valence-electron chi connectivity index (χ0n) is 16.7. The molecule has 0 saturated carbocycles. The molecule has 150 valence electrons. The average molecular weight is 391 g/mol. The van der Waals surface area contributed by atoms with Crippen LogP contribution in [-0.2, 0) is 17.8 Å². The number of carbonyl (C=O) groups is 1. The number of fused-ring (bicyclic) bond motifs is 1. The van der Waals surface area contributed by atoms with Gasteiger partial charge in [0.15, 0.2) is 11.5 Å². The fraction of sp³-hybridized carbons (Fsp3) is 0.304. The number of aryl methyl sites for hydroxylation is 1. The molecule has 1 aliphatic rings. The first-order chi connectivity index (χ1) is 14.2. The first-order valence-corrected chi connectivity index (χ1v) is 9.81. The van der Waals surface area contributed by atoms with Crippen LogP contribution in [0.1, 0.15) is 35.4 Å². The van der Waals surface area contributed by atoms with Crippen LogP contribution in [0.15, 0.2) is 54.7 Å². The summed E-state index contributed by atoms with van der Waals surface area (Å²) in [4.78, 5) is 13.1. The lowest BCUT2D eigenvalue weighted by atomic mass is 9.82. The number of benzene rings is 2. The minimum Gasteiger partial charge on any atom is -0.493 e. The molecule has 1 N–H and O–H groups in total. The number of anilines is 1. The summed E-state index contributed by atoms with van der Waals surface area (Å²) in [5, 5.41) is 7.47. The highest BCUT2D eigenvalue weighted by Gasteiger charge is 2.27. The van der Waals surface area contributed by atoms with E-state index in [0.717, 1.165) is 30.4 Å². The maximum Gasteiger partial charge on any atom is 0.233 e. The molecular formula is C23H25N3O3. The highest BCUT2D eigenvalue weighted by Crippen LogP contribution is 2.33. The summed E-state index contributed by atoms with van der Waals surface area (Å²) in [5.74, 6) is 1.89. The van der Waals surface area contributed by atoms with Crippen molar-refractivity contribution in [1.82, 2.24) is 9.78 Å². The molecular weight excluding hydrogens is 366 g/mol. The number of methoxy groups -OCH3 is 2. The van der Waals surface area contributed by atoms with E-state index in [4.69, 9.17) is 9.47 Å². The van der Waals surface area contributed by atoms with Crippen LogP contribution >= 0.6 is 0 Å². The van der Waals surface area contributed by atoms with Gasteiger partial charge in [-0.3, -0.25) is 4.79 Å². The Labute approximate surface area is 170 Å². The second-order valence-corrected chi connectivity index (χ2v) is 7.16. The number of para-hydroxylation sites is 1. The van der Waals surface area contributed by atoms with Crippen LogP contribution in [0.4, 0.5) is 5.82 Å². The molecule has 3 aromatic rings.